The van der Waals surface area contributed by atoms with E-state index < -0.39 is 35.6 Å². The Morgan fingerprint density at radius 2 is 1.65 bits per heavy atom. The van der Waals surface area contributed by atoms with Crippen molar-refractivity contribution in [1.29, 1.82) is 0 Å². The van der Waals surface area contributed by atoms with E-state index in [0.29, 0.717) is 0 Å². The number of esters is 1. The fourth-order valence-electron chi connectivity index (χ4n) is 1.63. The van der Waals surface area contributed by atoms with Crippen molar-refractivity contribution < 1.29 is 71.2 Å². The molecule has 9 nitrogen and oxygen atoms in total. The summed E-state index contributed by atoms with van der Waals surface area (Å²) in [6.07, 6.45) is -0.172. The van der Waals surface area contributed by atoms with Crippen LogP contribution in [0, 0.1) is 6.07 Å². The molecule has 0 unspecified atom stereocenters. The number of ether oxygens (including phenoxy) is 1. The van der Waals surface area contributed by atoms with E-state index in [-0.39, 0.29) is 59.3 Å². The molecule has 0 aliphatic rings. The van der Waals surface area contributed by atoms with Crippen LogP contribution in [0.2, 0.25) is 0 Å². The fourth-order valence-corrected chi connectivity index (χ4v) is 1.91. The van der Waals surface area contributed by atoms with Crippen LogP contribution < -0.4 is 29.6 Å². The second kappa shape index (κ2) is 9.98. The van der Waals surface area contributed by atoms with Crippen LogP contribution >= 0.6 is 0 Å². The van der Waals surface area contributed by atoms with Crippen LogP contribution in [0.3, 0.4) is 0 Å². The smallest absolute Gasteiger partial charge is 0.469 e. The third-order valence-corrected chi connectivity index (χ3v) is 2.77. The van der Waals surface area contributed by atoms with E-state index in [0.717, 1.165) is 6.07 Å². The molecule has 0 aliphatic heterocycles. The summed E-state index contributed by atoms with van der Waals surface area (Å²) in [6.45, 7) is -1.14. The molecular weight excluding hydrogens is 343 g/mol. The standard InChI is InChI=1S/C12H13O9S.Na/c13-5-4-8-9(11(15)20-7-6-14)2-1-3-10(8)12(16)21-22(17,18)19;/h2-3,13-14H,4-7H2,(H,17,18,19);/q-1;+1. The molecule has 0 saturated heterocycles. The zero-order chi connectivity index (χ0) is 16.8. The summed E-state index contributed by atoms with van der Waals surface area (Å²) in [6, 6.07) is 4.65. The molecule has 0 radical (unpaired) electrons. The summed E-state index contributed by atoms with van der Waals surface area (Å²) in [7, 11) is -5.03. The Morgan fingerprint density at radius 3 is 2.13 bits per heavy atom. The van der Waals surface area contributed by atoms with Crippen LogP contribution in [-0.2, 0) is 25.7 Å². The normalized spacial score (nSPS) is 10.6. The van der Waals surface area contributed by atoms with Gasteiger partial charge in [0, 0.05) is 6.61 Å². The third kappa shape index (κ3) is 6.96. The van der Waals surface area contributed by atoms with E-state index in [1.165, 1.54) is 6.07 Å². The van der Waals surface area contributed by atoms with Crippen molar-refractivity contribution in [2.45, 2.75) is 6.42 Å². The van der Waals surface area contributed by atoms with Crippen molar-refractivity contribution in [2.24, 2.45) is 0 Å². The van der Waals surface area contributed by atoms with Gasteiger partial charge in [-0.3, -0.25) is 14.1 Å². The molecule has 11 heteroatoms. The monoisotopic (exact) mass is 356 g/mol. The molecule has 0 saturated carbocycles. The Morgan fingerprint density at radius 1 is 1.09 bits per heavy atom. The van der Waals surface area contributed by atoms with Gasteiger partial charge in [-0.15, -0.1) is 5.56 Å². The van der Waals surface area contributed by atoms with Gasteiger partial charge < -0.3 is 19.1 Å². The van der Waals surface area contributed by atoms with Crippen molar-refractivity contribution in [3.63, 3.8) is 0 Å². The van der Waals surface area contributed by atoms with Crippen LogP contribution in [0.25, 0.3) is 0 Å². The molecule has 0 spiro atoms. The number of carbonyl (C=O) groups is 2. The molecule has 122 valence electrons. The zero-order valence-corrected chi connectivity index (χ0v) is 15.0. The average Bonchev–Trinajstić information content (AvgIpc) is 2.43. The Balaban J connectivity index is 0.00000484. The van der Waals surface area contributed by atoms with Gasteiger partial charge in [0.1, 0.15) is 6.61 Å². The number of rotatable bonds is 7. The number of carbonyl (C=O) groups excluding carboxylic acids is 2. The molecule has 0 aliphatic carbocycles. The summed E-state index contributed by atoms with van der Waals surface area (Å²) >= 11 is 0. The first kappa shape index (κ1) is 22.0. The van der Waals surface area contributed by atoms with E-state index in [1.807, 2.05) is 0 Å². The molecular formula is C12H13NaO9S. The Hall–Kier alpha value is -1.01. The second-order valence-corrected chi connectivity index (χ2v) is 4.92. The Bertz CT molecular complexity index is 656. The molecule has 1 aromatic rings. The predicted octanol–water partition coefficient (Wildman–Crippen LogP) is -3.87. The number of aliphatic hydroxyl groups excluding tert-OH is 2. The van der Waals surface area contributed by atoms with Gasteiger partial charge in [0.25, 0.3) is 5.97 Å². The number of hydrogen-bond acceptors (Lipinski definition) is 8. The van der Waals surface area contributed by atoms with Crippen molar-refractivity contribution in [2.75, 3.05) is 19.8 Å². The van der Waals surface area contributed by atoms with Gasteiger partial charge in [0.2, 0.25) is 0 Å². The van der Waals surface area contributed by atoms with Gasteiger partial charge in [-0.05, 0) is 17.5 Å². The van der Waals surface area contributed by atoms with Crippen molar-refractivity contribution in [1.82, 2.24) is 0 Å². The third-order valence-electron chi connectivity index (χ3n) is 2.41. The first-order chi connectivity index (χ1) is 10.3. The number of benzene rings is 1. The van der Waals surface area contributed by atoms with Gasteiger partial charge in [0.05, 0.1) is 6.61 Å². The van der Waals surface area contributed by atoms with E-state index in [1.54, 1.807) is 0 Å². The van der Waals surface area contributed by atoms with Gasteiger partial charge in [-0.25, -0.2) is 0 Å². The first-order valence-electron chi connectivity index (χ1n) is 5.93. The summed E-state index contributed by atoms with van der Waals surface area (Å²) in [4.78, 5) is 23.5. The van der Waals surface area contributed by atoms with Crippen LogP contribution in [-0.4, -0.2) is 54.9 Å². The maximum absolute atomic E-state index is 11.8. The maximum atomic E-state index is 11.8. The molecule has 1 aromatic carbocycles. The topological polar surface area (TPSA) is 147 Å². The first-order valence-corrected chi connectivity index (χ1v) is 7.29. The zero-order valence-electron chi connectivity index (χ0n) is 12.2. The van der Waals surface area contributed by atoms with Crippen LogP contribution in [0.5, 0.6) is 0 Å². The largest absolute Gasteiger partial charge is 1.00 e. The SMILES string of the molecule is O=C(OCCO)c1c[c-]cc(C(=O)OS(=O)(=O)O)c1CCO.[Na+]. The fraction of sp³-hybridized carbons (Fsp3) is 0.333. The Kier molecular flexibility index (Phi) is 9.54. The second-order valence-electron chi connectivity index (χ2n) is 3.89. The van der Waals surface area contributed by atoms with Crippen LogP contribution in [0.4, 0.5) is 0 Å². The average molecular weight is 356 g/mol. The van der Waals surface area contributed by atoms with Crippen molar-refractivity contribution in [3.05, 3.63) is 34.9 Å². The van der Waals surface area contributed by atoms with E-state index in [4.69, 9.17) is 14.8 Å². The minimum Gasteiger partial charge on any atom is -0.469 e. The molecule has 0 heterocycles. The summed E-state index contributed by atoms with van der Waals surface area (Å²) in [5.74, 6) is -2.32. The summed E-state index contributed by atoms with van der Waals surface area (Å²) < 4.78 is 38.2. The molecule has 3 N–H and O–H groups in total. The molecule has 23 heavy (non-hydrogen) atoms. The Labute approximate surface area is 154 Å². The van der Waals surface area contributed by atoms with Crippen molar-refractivity contribution in [3.8, 4) is 0 Å². The minimum absolute atomic E-state index is 0. The van der Waals surface area contributed by atoms with E-state index in [9.17, 15) is 18.0 Å². The minimum atomic E-state index is -5.03. The molecule has 0 atom stereocenters. The van der Waals surface area contributed by atoms with E-state index >= 15 is 0 Å². The number of aliphatic hydroxyl groups is 2. The molecule has 0 fully saturated rings. The number of hydrogen-bond donors (Lipinski definition) is 3. The van der Waals surface area contributed by atoms with Gasteiger partial charge in [-0.1, -0.05) is 0 Å². The van der Waals surface area contributed by atoms with Crippen LogP contribution in [0.1, 0.15) is 26.3 Å². The summed E-state index contributed by atoms with van der Waals surface area (Å²) in [5, 5.41) is 17.6. The predicted molar refractivity (Wildman–Crippen MR) is 70.4 cm³/mol. The van der Waals surface area contributed by atoms with Gasteiger partial charge in [-0.2, -0.15) is 26.6 Å². The quantitative estimate of drug-likeness (QED) is 0.193. The maximum Gasteiger partial charge on any atom is 1.00 e. The molecule has 0 amide bonds. The van der Waals surface area contributed by atoms with Crippen LogP contribution in [0.15, 0.2) is 12.1 Å². The molecule has 1 rings (SSSR count). The summed E-state index contributed by atoms with van der Waals surface area (Å²) in [5.41, 5.74) is -0.546. The molecule has 0 bridgehead atoms. The van der Waals surface area contributed by atoms with Crippen molar-refractivity contribution >= 4 is 22.3 Å². The molecule has 0 aromatic heterocycles. The van der Waals surface area contributed by atoms with E-state index in [2.05, 4.69) is 15.0 Å². The van der Waals surface area contributed by atoms with Gasteiger partial charge in [0.15, 0.2) is 0 Å². The van der Waals surface area contributed by atoms with Gasteiger partial charge >= 0.3 is 45.9 Å².